The number of unbranched alkanes of at least 4 members (excludes halogenated alkanes) is 24. The number of esters is 1. The molecular formula is C56H101N3O8. The zero-order valence-corrected chi connectivity index (χ0v) is 43.1. The van der Waals surface area contributed by atoms with Crippen molar-refractivity contribution in [1.82, 2.24) is 16.0 Å². The summed E-state index contributed by atoms with van der Waals surface area (Å²) in [4.78, 5) is 52.2. The van der Waals surface area contributed by atoms with Crippen molar-refractivity contribution in [3.05, 3.63) is 35.9 Å². The predicted octanol–water partition coefficient (Wildman–Crippen LogP) is 12.3. The molecule has 0 bridgehead atoms. The Bertz CT molecular complexity index is 1320. The van der Waals surface area contributed by atoms with Gasteiger partial charge in [-0.25, -0.2) is 0 Å². The lowest BCUT2D eigenvalue weighted by Crippen LogP contribution is -2.43. The summed E-state index contributed by atoms with van der Waals surface area (Å²) in [5.74, 6) is -1.11. The molecule has 67 heavy (non-hydrogen) atoms. The molecule has 0 aliphatic carbocycles. The van der Waals surface area contributed by atoms with E-state index in [2.05, 4.69) is 36.7 Å². The lowest BCUT2D eigenvalue weighted by molar-refractivity contribution is -0.151. The second kappa shape index (κ2) is 45.4. The van der Waals surface area contributed by atoms with Crippen LogP contribution in [0.2, 0.25) is 0 Å². The Kier molecular flexibility index (Phi) is 42.0. The Balaban J connectivity index is 2.55. The van der Waals surface area contributed by atoms with Crippen LogP contribution in [0.15, 0.2) is 30.3 Å². The number of carbonyl (C=O) groups excluding carboxylic acids is 4. The van der Waals surface area contributed by atoms with Gasteiger partial charge >= 0.3 is 5.97 Å². The van der Waals surface area contributed by atoms with Crippen molar-refractivity contribution in [3.63, 3.8) is 0 Å². The summed E-state index contributed by atoms with van der Waals surface area (Å²) in [6.07, 6.45) is 34.1. The van der Waals surface area contributed by atoms with Crippen LogP contribution in [0.1, 0.15) is 251 Å². The molecule has 0 heterocycles. The van der Waals surface area contributed by atoms with Gasteiger partial charge in [0.05, 0.1) is 50.8 Å². The highest BCUT2D eigenvalue weighted by Crippen LogP contribution is 2.19. The summed E-state index contributed by atoms with van der Waals surface area (Å²) >= 11 is 0. The van der Waals surface area contributed by atoms with E-state index in [1.165, 1.54) is 122 Å². The molecule has 388 valence electrons. The molecule has 0 saturated heterocycles. The number of hydrogen-bond donors (Lipinski definition) is 5. The van der Waals surface area contributed by atoms with Gasteiger partial charge in [-0.2, -0.15) is 0 Å². The molecule has 1 rings (SSSR count). The average molecular weight is 944 g/mol. The number of rotatable bonds is 48. The number of amides is 3. The third kappa shape index (κ3) is 38.5. The van der Waals surface area contributed by atoms with E-state index in [1.54, 1.807) is 0 Å². The Morgan fingerprint density at radius 3 is 1.40 bits per heavy atom. The van der Waals surface area contributed by atoms with Gasteiger partial charge in [0.25, 0.3) is 0 Å². The lowest BCUT2D eigenvalue weighted by atomic mass is 10.0. The van der Waals surface area contributed by atoms with Crippen molar-refractivity contribution in [2.75, 3.05) is 19.8 Å². The third-order valence-corrected chi connectivity index (χ3v) is 12.9. The lowest BCUT2D eigenvalue weighted by Gasteiger charge is -2.21. The summed E-state index contributed by atoms with van der Waals surface area (Å²) in [6, 6.07) is 8.73. The molecule has 3 amide bonds. The molecule has 0 unspecified atom stereocenters. The van der Waals surface area contributed by atoms with Gasteiger partial charge < -0.3 is 35.6 Å². The smallest absolute Gasteiger partial charge is 0.306 e. The number of benzene rings is 1. The van der Waals surface area contributed by atoms with E-state index in [-0.39, 0.29) is 55.7 Å². The fourth-order valence-electron chi connectivity index (χ4n) is 8.65. The van der Waals surface area contributed by atoms with Crippen LogP contribution in [0.3, 0.4) is 0 Å². The fraction of sp³-hybridized carbons (Fsp3) is 0.821. The maximum atomic E-state index is 13.2. The molecule has 5 N–H and O–H groups in total. The van der Waals surface area contributed by atoms with Crippen LogP contribution in [0.5, 0.6) is 0 Å². The standard InChI is InChI=1S/C56H101N3O8/c1-4-7-10-13-16-19-22-25-31-38-51(66-47-48-35-29-28-30-36-48)43-54(63)58-49(45-60)37-34-41-57-53(62)42-50(46-61)59-55(64)44-52(39-32-26-23-20-17-14-11-8-5-2)67-56(65)40-33-27-24-21-18-15-12-9-6-3/h28-30,35-36,49-52,60-61H,4-27,31-34,37-47H2,1-3H3,(H,57,62)(H,58,63)(H,59,64)/t49-,50-,51-,52-/m1/s1. The monoisotopic (exact) mass is 944 g/mol. The number of nitrogens with one attached hydrogen (secondary N) is 3. The van der Waals surface area contributed by atoms with Gasteiger partial charge in [-0.05, 0) is 44.1 Å². The van der Waals surface area contributed by atoms with Crippen LogP contribution in [-0.4, -0.2) is 78.0 Å². The minimum absolute atomic E-state index is 0.00788. The molecule has 0 saturated carbocycles. The van der Waals surface area contributed by atoms with Crippen molar-refractivity contribution in [2.24, 2.45) is 0 Å². The average Bonchev–Trinajstić information content (AvgIpc) is 3.32. The summed E-state index contributed by atoms with van der Waals surface area (Å²) in [5.41, 5.74) is 1.06. The van der Waals surface area contributed by atoms with E-state index in [0.29, 0.717) is 38.8 Å². The largest absolute Gasteiger partial charge is 0.462 e. The maximum Gasteiger partial charge on any atom is 0.306 e. The molecule has 4 atom stereocenters. The maximum absolute atomic E-state index is 13.2. The van der Waals surface area contributed by atoms with E-state index >= 15 is 0 Å². The first-order chi connectivity index (χ1) is 32.7. The van der Waals surface area contributed by atoms with Gasteiger partial charge in [0.2, 0.25) is 17.7 Å². The SMILES string of the molecule is CCCCCCCCCCCC(=O)O[C@H](CCCCCCCCCCC)CC(=O)N[C@@H](CO)CC(=O)NCCC[C@H](CO)NC(=O)C[C@@H](CCCCCCCCCCC)OCc1ccccc1. The number of hydrogen-bond acceptors (Lipinski definition) is 8. The summed E-state index contributed by atoms with van der Waals surface area (Å²) < 4.78 is 12.1. The Morgan fingerprint density at radius 1 is 0.478 bits per heavy atom. The minimum Gasteiger partial charge on any atom is -0.462 e. The molecule has 11 nitrogen and oxygen atoms in total. The van der Waals surface area contributed by atoms with Gasteiger partial charge in [0, 0.05) is 19.4 Å². The second-order valence-electron chi connectivity index (χ2n) is 19.3. The van der Waals surface area contributed by atoms with Crippen molar-refractivity contribution < 1.29 is 38.9 Å². The van der Waals surface area contributed by atoms with Gasteiger partial charge in [0.15, 0.2) is 0 Å². The fourth-order valence-corrected chi connectivity index (χ4v) is 8.65. The first kappa shape index (κ1) is 62.0. The second-order valence-corrected chi connectivity index (χ2v) is 19.3. The van der Waals surface area contributed by atoms with Crippen LogP contribution >= 0.6 is 0 Å². The Hall–Kier alpha value is -3.02. The van der Waals surface area contributed by atoms with Crippen molar-refractivity contribution in [3.8, 4) is 0 Å². The first-order valence-electron chi connectivity index (χ1n) is 27.7. The third-order valence-electron chi connectivity index (χ3n) is 12.9. The zero-order chi connectivity index (χ0) is 48.8. The molecule has 11 heteroatoms. The quantitative estimate of drug-likeness (QED) is 0.0318. The van der Waals surface area contributed by atoms with Crippen LogP contribution in [0.4, 0.5) is 0 Å². The van der Waals surface area contributed by atoms with Crippen LogP contribution in [-0.2, 0) is 35.3 Å². The number of aliphatic hydroxyl groups is 2. The zero-order valence-electron chi connectivity index (χ0n) is 43.1. The van der Waals surface area contributed by atoms with Gasteiger partial charge in [-0.1, -0.05) is 212 Å². The summed E-state index contributed by atoms with van der Waals surface area (Å²) in [6.45, 7) is 6.81. The predicted molar refractivity (Wildman–Crippen MR) is 275 cm³/mol. The minimum atomic E-state index is -0.782. The molecule has 0 fully saturated rings. The van der Waals surface area contributed by atoms with Crippen LogP contribution in [0, 0.1) is 0 Å². The number of ether oxygens (including phenoxy) is 2. The summed E-state index contributed by atoms with van der Waals surface area (Å²) in [7, 11) is 0. The van der Waals surface area contributed by atoms with Crippen molar-refractivity contribution in [2.45, 2.75) is 276 Å². The highest BCUT2D eigenvalue weighted by molar-refractivity contribution is 5.80. The highest BCUT2D eigenvalue weighted by atomic mass is 16.5. The molecule has 1 aromatic carbocycles. The van der Waals surface area contributed by atoms with Crippen LogP contribution < -0.4 is 16.0 Å². The highest BCUT2D eigenvalue weighted by Gasteiger charge is 2.22. The first-order valence-corrected chi connectivity index (χ1v) is 27.7. The van der Waals surface area contributed by atoms with Gasteiger partial charge in [-0.15, -0.1) is 0 Å². The molecule has 0 radical (unpaired) electrons. The molecular weight excluding hydrogens is 843 g/mol. The molecule has 0 aliphatic heterocycles. The topological polar surface area (TPSA) is 163 Å². The van der Waals surface area contributed by atoms with E-state index in [1.807, 2.05) is 30.3 Å². The van der Waals surface area contributed by atoms with Crippen molar-refractivity contribution >= 4 is 23.7 Å². The Labute approximate surface area is 409 Å². The molecule has 0 aliphatic rings. The van der Waals surface area contributed by atoms with E-state index in [0.717, 1.165) is 63.4 Å². The van der Waals surface area contributed by atoms with E-state index < -0.39 is 24.8 Å². The normalized spacial score (nSPS) is 13.1. The van der Waals surface area contributed by atoms with Gasteiger partial charge in [0.1, 0.15) is 6.10 Å². The molecule has 0 aromatic heterocycles. The number of aliphatic hydroxyl groups excluding tert-OH is 2. The Morgan fingerprint density at radius 2 is 0.910 bits per heavy atom. The summed E-state index contributed by atoms with van der Waals surface area (Å²) in [5, 5.41) is 28.8. The van der Waals surface area contributed by atoms with Crippen molar-refractivity contribution in [1.29, 1.82) is 0 Å². The van der Waals surface area contributed by atoms with Gasteiger partial charge in [-0.3, -0.25) is 19.2 Å². The van der Waals surface area contributed by atoms with E-state index in [9.17, 15) is 29.4 Å². The molecule has 1 aromatic rings. The molecule has 0 spiro atoms. The van der Waals surface area contributed by atoms with E-state index in [4.69, 9.17) is 9.47 Å². The number of carbonyl (C=O) groups is 4. The van der Waals surface area contributed by atoms with Crippen LogP contribution in [0.25, 0.3) is 0 Å².